The molecule has 1 unspecified atom stereocenters. The van der Waals surface area contributed by atoms with Crippen molar-refractivity contribution < 1.29 is 19.0 Å². The zero-order chi connectivity index (χ0) is 14.4. The van der Waals surface area contributed by atoms with Crippen LogP contribution in [-0.4, -0.2) is 37.4 Å². The highest BCUT2D eigenvalue weighted by molar-refractivity contribution is 5.94. The van der Waals surface area contributed by atoms with Crippen molar-refractivity contribution >= 4 is 11.7 Å². The molecule has 0 fully saturated rings. The predicted octanol–water partition coefficient (Wildman–Crippen LogP) is 2.78. The summed E-state index contributed by atoms with van der Waals surface area (Å²) in [5, 5.41) is 9.18. The topological polar surface area (TPSA) is 49.8 Å². The molecule has 0 aliphatic rings. The molecule has 0 amide bonds. The fourth-order valence-corrected chi connectivity index (χ4v) is 1.95. The third-order valence-corrected chi connectivity index (χ3v) is 3.17. The van der Waals surface area contributed by atoms with Crippen LogP contribution < -0.4 is 4.90 Å². The van der Waals surface area contributed by atoms with Crippen molar-refractivity contribution in [3.05, 3.63) is 29.6 Å². The average molecular weight is 269 g/mol. The lowest BCUT2D eigenvalue weighted by Gasteiger charge is -2.31. The van der Waals surface area contributed by atoms with Crippen LogP contribution in [0.15, 0.2) is 18.2 Å². The van der Waals surface area contributed by atoms with Crippen LogP contribution in [0.4, 0.5) is 10.1 Å². The quantitative estimate of drug-likeness (QED) is 0.827. The molecule has 0 radical (unpaired) electrons. The summed E-state index contributed by atoms with van der Waals surface area (Å²) in [6, 6.07) is 4.43. The Morgan fingerprint density at radius 1 is 1.53 bits per heavy atom. The normalized spacial score (nSPS) is 12.2. The molecule has 5 heteroatoms. The summed E-state index contributed by atoms with van der Waals surface area (Å²) in [5.41, 5.74) is 0.123. The summed E-state index contributed by atoms with van der Waals surface area (Å²) in [6.07, 6.45) is 0.833. The van der Waals surface area contributed by atoms with Crippen LogP contribution in [0.2, 0.25) is 0 Å². The van der Waals surface area contributed by atoms with Crippen molar-refractivity contribution in [3.63, 3.8) is 0 Å². The van der Waals surface area contributed by atoms with Gasteiger partial charge < -0.3 is 14.7 Å². The minimum absolute atomic E-state index is 0.107. The van der Waals surface area contributed by atoms with Gasteiger partial charge >= 0.3 is 5.97 Å². The maximum absolute atomic E-state index is 13.7. The van der Waals surface area contributed by atoms with Gasteiger partial charge in [-0.15, -0.1) is 0 Å². The average Bonchev–Trinajstić information content (AvgIpc) is 2.38. The van der Waals surface area contributed by atoms with E-state index in [1.165, 1.54) is 6.07 Å². The van der Waals surface area contributed by atoms with E-state index >= 15 is 0 Å². The minimum atomic E-state index is -1.25. The minimum Gasteiger partial charge on any atom is -0.478 e. The number of halogens is 1. The summed E-state index contributed by atoms with van der Waals surface area (Å²) < 4.78 is 18.7. The molecule has 0 spiro atoms. The van der Waals surface area contributed by atoms with Crippen LogP contribution in [0.3, 0.4) is 0 Å². The van der Waals surface area contributed by atoms with E-state index in [0.29, 0.717) is 18.8 Å². The molecule has 19 heavy (non-hydrogen) atoms. The Labute approximate surface area is 112 Å². The van der Waals surface area contributed by atoms with E-state index in [2.05, 4.69) is 0 Å². The first kappa shape index (κ1) is 15.4. The van der Waals surface area contributed by atoms with E-state index in [9.17, 15) is 14.3 Å². The fraction of sp³-hybridized carbons (Fsp3) is 0.500. The molecule has 4 nitrogen and oxygen atoms in total. The summed E-state index contributed by atoms with van der Waals surface area (Å²) in [5.74, 6) is -1.96. The van der Waals surface area contributed by atoms with Crippen molar-refractivity contribution in [1.82, 2.24) is 0 Å². The highest BCUT2D eigenvalue weighted by Crippen LogP contribution is 2.25. The first-order chi connectivity index (χ1) is 9.02. The summed E-state index contributed by atoms with van der Waals surface area (Å²) in [4.78, 5) is 13.1. The standard InChI is InChI=1S/C14H20FNO3/c1-4-10(2)16(8-9-19-3)12-7-5-6-11(15)13(12)14(17)18/h5-7,10H,4,8-9H2,1-3H3,(H,17,18). The molecule has 0 aliphatic carbocycles. The molecule has 106 valence electrons. The molecule has 1 atom stereocenters. The number of rotatable bonds is 7. The largest absolute Gasteiger partial charge is 0.478 e. The van der Waals surface area contributed by atoms with Crippen LogP contribution in [0.25, 0.3) is 0 Å². The van der Waals surface area contributed by atoms with Crippen molar-refractivity contribution in [2.45, 2.75) is 26.3 Å². The Morgan fingerprint density at radius 3 is 2.74 bits per heavy atom. The van der Waals surface area contributed by atoms with Gasteiger partial charge in [-0.3, -0.25) is 0 Å². The summed E-state index contributed by atoms with van der Waals surface area (Å²) >= 11 is 0. The molecule has 0 heterocycles. The monoisotopic (exact) mass is 269 g/mol. The highest BCUT2D eigenvalue weighted by atomic mass is 19.1. The molecule has 0 saturated carbocycles. The Balaban J connectivity index is 3.21. The molecule has 1 aromatic carbocycles. The second kappa shape index (κ2) is 7.09. The summed E-state index contributed by atoms with van der Waals surface area (Å²) in [6.45, 7) is 4.96. The number of hydrogen-bond acceptors (Lipinski definition) is 3. The van der Waals surface area contributed by atoms with E-state index in [0.717, 1.165) is 12.5 Å². The van der Waals surface area contributed by atoms with Crippen LogP contribution in [0.5, 0.6) is 0 Å². The molecule has 0 bridgehead atoms. The van der Waals surface area contributed by atoms with E-state index in [-0.39, 0.29) is 11.6 Å². The number of hydrogen-bond donors (Lipinski definition) is 1. The number of methoxy groups -OCH3 is 1. The van der Waals surface area contributed by atoms with E-state index in [4.69, 9.17) is 4.74 Å². The Hall–Kier alpha value is -1.62. The number of benzene rings is 1. The van der Waals surface area contributed by atoms with E-state index < -0.39 is 11.8 Å². The molecule has 1 aromatic rings. The fourth-order valence-electron chi connectivity index (χ4n) is 1.95. The Bertz CT molecular complexity index is 437. The molecule has 0 aliphatic heterocycles. The van der Waals surface area contributed by atoms with Crippen molar-refractivity contribution in [2.75, 3.05) is 25.2 Å². The third-order valence-electron chi connectivity index (χ3n) is 3.17. The molecule has 1 N–H and O–H groups in total. The van der Waals surface area contributed by atoms with E-state index in [1.807, 2.05) is 18.7 Å². The second-order valence-electron chi connectivity index (χ2n) is 4.38. The van der Waals surface area contributed by atoms with Crippen LogP contribution >= 0.6 is 0 Å². The number of aromatic carboxylic acids is 1. The van der Waals surface area contributed by atoms with Gasteiger partial charge in [-0.25, -0.2) is 9.18 Å². The van der Waals surface area contributed by atoms with Gasteiger partial charge in [0.25, 0.3) is 0 Å². The lowest BCUT2D eigenvalue weighted by Crippen LogP contribution is -2.36. The zero-order valence-electron chi connectivity index (χ0n) is 11.5. The summed E-state index contributed by atoms with van der Waals surface area (Å²) in [7, 11) is 1.58. The highest BCUT2D eigenvalue weighted by Gasteiger charge is 2.22. The van der Waals surface area contributed by atoms with Crippen LogP contribution in [0.1, 0.15) is 30.6 Å². The van der Waals surface area contributed by atoms with Crippen LogP contribution in [-0.2, 0) is 4.74 Å². The van der Waals surface area contributed by atoms with Crippen molar-refractivity contribution in [3.8, 4) is 0 Å². The molecular weight excluding hydrogens is 249 g/mol. The lowest BCUT2D eigenvalue weighted by atomic mass is 10.1. The molecule has 0 saturated heterocycles. The van der Waals surface area contributed by atoms with Gasteiger partial charge in [0.05, 0.1) is 12.3 Å². The third kappa shape index (κ3) is 3.67. The SMILES string of the molecule is CCC(C)N(CCOC)c1cccc(F)c1C(=O)O. The van der Waals surface area contributed by atoms with Gasteiger partial charge in [0, 0.05) is 19.7 Å². The van der Waals surface area contributed by atoms with Gasteiger partial charge in [-0.05, 0) is 25.5 Å². The number of carbonyl (C=O) groups is 1. The second-order valence-corrected chi connectivity index (χ2v) is 4.38. The van der Waals surface area contributed by atoms with E-state index in [1.54, 1.807) is 13.2 Å². The Kier molecular flexibility index (Phi) is 5.76. The number of carboxylic acids is 1. The smallest absolute Gasteiger partial charge is 0.340 e. The first-order valence-corrected chi connectivity index (χ1v) is 6.30. The van der Waals surface area contributed by atoms with Crippen LogP contribution in [0, 0.1) is 5.82 Å². The number of anilines is 1. The molecule has 0 aromatic heterocycles. The number of nitrogens with zero attached hydrogens (tertiary/aromatic N) is 1. The van der Waals surface area contributed by atoms with Gasteiger partial charge in [0.15, 0.2) is 0 Å². The maximum Gasteiger partial charge on any atom is 0.340 e. The number of ether oxygens (including phenoxy) is 1. The molecule has 1 rings (SSSR count). The Morgan fingerprint density at radius 2 is 2.21 bits per heavy atom. The zero-order valence-corrected chi connectivity index (χ0v) is 11.5. The van der Waals surface area contributed by atoms with Crippen molar-refractivity contribution in [1.29, 1.82) is 0 Å². The van der Waals surface area contributed by atoms with Gasteiger partial charge in [0.2, 0.25) is 0 Å². The van der Waals surface area contributed by atoms with Gasteiger partial charge in [0.1, 0.15) is 11.4 Å². The maximum atomic E-state index is 13.7. The number of carboxylic acid groups (broad SMARTS) is 1. The molecular formula is C14H20FNO3. The predicted molar refractivity (Wildman–Crippen MR) is 72.3 cm³/mol. The lowest BCUT2D eigenvalue weighted by molar-refractivity contribution is 0.0692. The van der Waals surface area contributed by atoms with Crippen molar-refractivity contribution in [2.24, 2.45) is 0 Å². The first-order valence-electron chi connectivity index (χ1n) is 6.30. The van der Waals surface area contributed by atoms with Gasteiger partial charge in [-0.1, -0.05) is 13.0 Å². The van der Waals surface area contributed by atoms with Gasteiger partial charge in [-0.2, -0.15) is 0 Å².